The van der Waals surface area contributed by atoms with Crippen LogP contribution in [-0.2, 0) is 0 Å². The normalized spacial score (nSPS) is 10.3. The first-order chi connectivity index (χ1) is 11.2. The van der Waals surface area contributed by atoms with E-state index in [-0.39, 0.29) is 24.8 Å². The van der Waals surface area contributed by atoms with Gasteiger partial charge in [-0.15, -0.1) is 12.4 Å². The quantitative estimate of drug-likeness (QED) is 0.740. The Morgan fingerprint density at radius 3 is 2.58 bits per heavy atom. The molecule has 0 unspecified atom stereocenters. The fourth-order valence-electron chi connectivity index (χ4n) is 2.40. The maximum atomic E-state index is 14.0. The molecule has 0 aliphatic rings. The average Bonchev–Trinajstić information content (AvgIpc) is 2.60. The third kappa shape index (κ3) is 3.55. The van der Waals surface area contributed by atoms with Gasteiger partial charge in [-0.1, -0.05) is 24.3 Å². The summed E-state index contributed by atoms with van der Waals surface area (Å²) in [6.45, 7) is 0.298. The van der Waals surface area contributed by atoms with Crippen molar-refractivity contribution in [1.29, 1.82) is 0 Å². The Balaban J connectivity index is 0.00000208. The molecule has 1 aromatic heterocycles. The number of anilines is 1. The number of ether oxygens (including phenoxy) is 1. The van der Waals surface area contributed by atoms with E-state index in [0.717, 1.165) is 10.9 Å². The van der Waals surface area contributed by atoms with Crippen LogP contribution in [0.4, 0.5) is 10.3 Å². The molecule has 0 amide bonds. The molecule has 24 heavy (non-hydrogen) atoms. The van der Waals surface area contributed by atoms with E-state index in [9.17, 15) is 4.39 Å². The minimum atomic E-state index is -0.274. The zero-order valence-corrected chi connectivity index (χ0v) is 13.8. The first kappa shape index (κ1) is 17.9. The lowest BCUT2D eigenvalue weighted by Crippen LogP contribution is -2.09. The van der Waals surface area contributed by atoms with Crippen molar-refractivity contribution in [3.05, 3.63) is 48.3 Å². The number of aromatic nitrogens is 2. The first-order valence-electron chi connectivity index (χ1n) is 7.18. The molecule has 0 radical (unpaired) electrons. The molecule has 0 saturated carbocycles. The zero-order valence-electron chi connectivity index (χ0n) is 13.0. The molecule has 0 aliphatic carbocycles. The number of nitrogens with zero attached hydrogens (tertiary/aromatic N) is 2. The predicted molar refractivity (Wildman–Crippen MR) is 94.3 cm³/mol. The third-order valence-electron chi connectivity index (χ3n) is 3.45. The largest absolute Gasteiger partial charge is 0.481 e. The Morgan fingerprint density at radius 2 is 1.88 bits per heavy atom. The lowest BCUT2D eigenvalue weighted by atomic mass is 10.0. The molecule has 0 spiro atoms. The number of rotatable bonds is 5. The molecule has 5 nitrogen and oxygen atoms in total. The lowest BCUT2D eigenvalue weighted by molar-refractivity contribution is 0.310. The fourth-order valence-corrected chi connectivity index (χ4v) is 2.40. The number of benzene rings is 2. The van der Waals surface area contributed by atoms with Crippen molar-refractivity contribution in [2.45, 2.75) is 0 Å². The topological polar surface area (TPSA) is 67.3 Å². The van der Waals surface area contributed by atoms with Gasteiger partial charge in [0.1, 0.15) is 5.82 Å². The maximum Gasteiger partial charge on any atom is 0.226 e. The summed E-state index contributed by atoms with van der Waals surface area (Å²) < 4.78 is 19.2. The van der Waals surface area contributed by atoms with Gasteiger partial charge in [0.25, 0.3) is 0 Å². The lowest BCUT2D eigenvalue weighted by Gasteiger charge is -2.11. The number of halogens is 2. The van der Waals surface area contributed by atoms with Crippen LogP contribution in [0.25, 0.3) is 22.0 Å². The van der Waals surface area contributed by atoms with Gasteiger partial charge in [0.15, 0.2) is 0 Å². The second-order valence-corrected chi connectivity index (χ2v) is 4.91. The van der Waals surface area contributed by atoms with E-state index >= 15 is 0 Å². The van der Waals surface area contributed by atoms with Crippen LogP contribution in [0.15, 0.2) is 42.5 Å². The highest BCUT2D eigenvalue weighted by Gasteiger charge is 2.11. The summed E-state index contributed by atoms with van der Waals surface area (Å²) in [6.07, 6.45) is 0. The van der Waals surface area contributed by atoms with Gasteiger partial charge in [-0.3, -0.25) is 0 Å². The number of hydrogen-bond donors (Lipinski definition) is 2. The number of fused-ring (bicyclic) bond motifs is 1. The van der Waals surface area contributed by atoms with Gasteiger partial charge in [0.2, 0.25) is 11.8 Å². The molecule has 3 rings (SSSR count). The Labute approximate surface area is 144 Å². The molecule has 2 aromatic carbocycles. The van der Waals surface area contributed by atoms with Gasteiger partial charge < -0.3 is 15.2 Å². The summed E-state index contributed by atoms with van der Waals surface area (Å²) in [5.74, 6) is 0.467. The van der Waals surface area contributed by atoms with Crippen molar-refractivity contribution in [1.82, 2.24) is 9.97 Å². The molecule has 0 saturated heterocycles. The van der Waals surface area contributed by atoms with Crippen LogP contribution in [0.3, 0.4) is 0 Å². The summed E-state index contributed by atoms with van der Waals surface area (Å²) in [4.78, 5) is 8.62. The van der Waals surface area contributed by atoms with E-state index in [0.29, 0.717) is 29.5 Å². The Kier molecular flexibility index (Phi) is 5.89. The molecular formula is C17H17ClFN3O2. The van der Waals surface area contributed by atoms with Crippen molar-refractivity contribution >= 4 is 29.1 Å². The molecule has 0 bridgehead atoms. The van der Waals surface area contributed by atoms with Crippen molar-refractivity contribution in [3.63, 3.8) is 0 Å². The standard InChI is InChI=1S/C17H16FN3O2.ClH/c1-23-16-10-15(20-17(21-16)19-8-9-22)13-6-7-14(18)12-5-3-2-4-11(12)13;/h2-7,10,22H,8-9H2,1H3,(H,19,20,21);1H. The van der Waals surface area contributed by atoms with Crippen molar-refractivity contribution < 1.29 is 14.2 Å². The van der Waals surface area contributed by atoms with Crippen molar-refractivity contribution in [2.24, 2.45) is 0 Å². The van der Waals surface area contributed by atoms with Gasteiger partial charge in [0, 0.05) is 23.6 Å². The molecular weight excluding hydrogens is 333 g/mol. The maximum absolute atomic E-state index is 14.0. The van der Waals surface area contributed by atoms with Crippen LogP contribution < -0.4 is 10.1 Å². The van der Waals surface area contributed by atoms with Crippen LogP contribution in [0.5, 0.6) is 5.88 Å². The summed E-state index contributed by atoms with van der Waals surface area (Å²) >= 11 is 0. The molecule has 7 heteroatoms. The number of nitrogens with one attached hydrogen (secondary N) is 1. The second-order valence-electron chi connectivity index (χ2n) is 4.91. The summed E-state index contributed by atoms with van der Waals surface area (Å²) in [6, 6.07) is 12.0. The van der Waals surface area contributed by atoms with E-state index in [4.69, 9.17) is 9.84 Å². The van der Waals surface area contributed by atoms with Crippen LogP contribution >= 0.6 is 12.4 Å². The molecule has 1 heterocycles. The van der Waals surface area contributed by atoms with Gasteiger partial charge in [-0.25, -0.2) is 9.37 Å². The number of methoxy groups -OCH3 is 1. The first-order valence-corrected chi connectivity index (χ1v) is 7.18. The SMILES string of the molecule is COc1cc(-c2ccc(F)c3ccccc23)nc(NCCO)n1.Cl. The van der Waals surface area contributed by atoms with Gasteiger partial charge in [-0.2, -0.15) is 4.98 Å². The van der Waals surface area contributed by atoms with Gasteiger partial charge >= 0.3 is 0 Å². The minimum absolute atomic E-state index is 0. The van der Waals surface area contributed by atoms with Crippen LogP contribution in [0, 0.1) is 5.82 Å². The van der Waals surface area contributed by atoms with Gasteiger partial charge in [-0.05, 0) is 17.5 Å². The highest BCUT2D eigenvalue weighted by molar-refractivity contribution is 5.96. The molecule has 126 valence electrons. The molecule has 0 aliphatic heterocycles. The van der Waals surface area contributed by atoms with E-state index in [1.807, 2.05) is 12.1 Å². The van der Waals surface area contributed by atoms with E-state index in [1.165, 1.54) is 13.2 Å². The summed E-state index contributed by atoms with van der Waals surface area (Å²) in [7, 11) is 1.52. The van der Waals surface area contributed by atoms with Crippen molar-refractivity contribution in [3.8, 4) is 17.1 Å². The summed E-state index contributed by atoms with van der Waals surface area (Å²) in [5.41, 5.74) is 1.41. The zero-order chi connectivity index (χ0) is 16.2. The Hall–Kier alpha value is -2.44. The smallest absolute Gasteiger partial charge is 0.226 e. The number of aliphatic hydroxyl groups excluding tert-OH is 1. The predicted octanol–water partition coefficient (Wildman–Crippen LogP) is 3.27. The number of hydrogen-bond acceptors (Lipinski definition) is 5. The molecule has 2 N–H and O–H groups in total. The van der Waals surface area contributed by atoms with Crippen LogP contribution in [0.1, 0.15) is 0 Å². The summed E-state index contributed by atoms with van der Waals surface area (Å²) in [5, 5.41) is 13.1. The highest BCUT2D eigenvalue weighted by Crippen LogP contribution is 2.31. The van der Waals surface area contributed by atoms with E-state index in [1.54, 1.807) is 24.3 Å². The average molecular weight is 350 g/mol. The molecule has 3 aromatic rings. The Bertz CT molecular complexity index is 845. The number of aliphatic hydroxyl groups is 1. The molecule has 0 atom stereocenters. The second kappa shape index (κ2) is 7.90. The van der Waals surface area contributed by atoms with Crippen LogP contribution in [0.2, 0.25) is 0 Å². The fraction of sp³-hybridized carbons (Fsp3) is 0.176. The highest BCUT2D eigenvalue weighted by atomic mass is 35.5. The Morgan fingerprint density at radius 1 is 1.12 bits per heavy atom. The van der Waals surface area contributed by atoms with E-state index in [2.05, 4.69) is 15.3 Å². The van der Waals surface area contributed by atoms with E-state index < -0.39 is 0 Å². The minimum Gasteiger partial charge on any atom is -0.481 e. The van der Waals surface area contributed by atoms with Gasteiger partial charge in [0.05, 0.1) is 19.4 Å². The molecule has 0 fully saturated rings. The van der Waals surface area contributed by atoms with Crippen molar-refractivity contribution in [2.75, 3.05) is 25.6 Å². The third-order valence-corrected chi connectivity index (χ3v) is 3.45. The van der Waals surface area contributed by atoms with Crippen LogP contribution in [-0.4, -0.2) is 35.3 Å². The monoisotopic (exact) mass is 349 g/mol.